The molecule has 1 unspecified atom stereocenters. The van der Waals surface area contributed by atoms with E-state index in [0.717, 1.165) is 25.7 Å². The monoisotopic (exact) mass is 312 g/mol. The van der Waals surface area contributed by atoms with Crippen molar-refractivity contribution in [3.8, 4) is 0 Å². The van der Waals surface area contributed by atoms with Crippen LogP contribution >= 0.6 is 0 Å². The van der Waals surface area contributed by atoms with Gasteiger partial charge in [-0.15, -0.1) is 0 Å². The quantitative estimate of drug-likeness (QED) is 0.821. The van der Waals surface area contributed by atoms with Crippen molar-refractivity contribution in [1.82, 2.24) is 0 Å². The highest BCUT2D eigenvalue weighted by atomic mass is 32.2. The molecule has 1 aromatic carbocycles. The molecule has 0 spiro atoms. The fourth-order valence-electron chi connectivity index (χ4n) is 2.54. The van der Waals surface area contributed by atoms with Gasteiger partial charge in [0, 0.05) is 33.9 Å². The zero-order chi connectivity index (χ0) is 15.2. The number of hydrogen-bond donors (Lipinski definition) is 2. The molecule has 1 aliphatic rings. The first-order valence-electron chi connectivity index (χ1n) is 7.28. The minimum Gasteiger partial charge on any atom is -0.399 e. The lowest BCUT2D eigenvalue weighted by atomic mass is 10.0. The van der Waals surface area contributed by atoms with Gasteiger partial charge in [0.25, 0.3) is 0 Å². The summed E-state index contributed by atoms with van der Waals surface area (Å²) >= 11 is 0. The molecular formula is C15H21FN2O2S. The summed E-state index contributed by atoms with van der Waals surface area (Å²) in [6.07, 6.45) is 5.56. The van der Waals surface area contributed by atoms with Gasteiger partial charge in [0.1, 0.15) is 5.82 Å². The Morgan fingerprint density at radius 1 is 1.33 bits per heavy atom. The van der Waals surface area contributed by atoms with E-state index in [1.165, 1.54) is 24.6 Å². The standard InChI is InChI=1S/C15H21FN2O2S/c16-13-7-6-11(17)10-14(13)18-15(19)8-9-21(20)12-4-2-1-3-5-12/h6-7,10,12H,1-5,8-9,17H2,(H,18,19). The van der Waals surface area contributed by atoms with E-state index in [1.807, 2.05) is 0 Å². The Kier molecular flexibility index (Phi) is 5.73. The first-order valence-corrected chi connectivity index (χ1v) is 8.66. The fourth-order valence-corrected chi connectivity index (χ4v) is 4.12. The molecule has 0 aliphatic heterocycles. The first-order chi connectivity index (χ1) is 10.1. The smallest absolute Gasteiger partial charge is 0.225 e. The van der Waals surface area contributed by atoms with Crippen LogP contribution in [0.2, 0.25) is 0 Å². The van der Waals surface area contributed by atoms with E-state index in [1.54, 1.807) is 0 Å². The van der Waals surface area contributed by atoms with Gasteiger partial charge < -0.3 is 11.1 Å². The average Bonchev–Trinajstić information content (AvgIpc) is 2.49. The maximum Gasteiger partial charge on any atom is 0.225 e. The van der Waals surface area contributed by atoms with E-state index in [2.05, 4.69) is 5.32 Å². The normalized spacial score (nSPS) is 17.4. The molecule has 0 saturated heterocycles. The summed E-state index contributed by atoms with van der Waals surface area (Å²) in [5, 5.41) is 2.70. The molecule has 116 valence electrons. The Hall–Kier alpha value is -1.43. The van der Waals surface area contributed by atoms with Gasteiger partial charge in [0.05, 0.1) is 5.69 Å². The number of carbonyl (C=O) groups is 1. The molecule has 1 aliphatic carbocycles. The zero-order valence-corrected chi connectivity index (χ0v) is 12.8. The molecule has 4 nitrogen and oxygen atoms in total. The average molecular weight is 312 g/mol. The number of halogens is 1. The highest BCUT2D eigenvalue weighted by molar-refractivity contribution is 7.85. The Morgan fingerprint density at radius 3 is 2.76 bits per heavy atom. The summed E-state index contributed by atoms with van der Waals surface area (Å²) in [6.45, 7) is 0. The number of carbonyl (C=O) groups excluding carboxylic acids is 1. The fraction of sp³-hybridized carbons (Fsp3) is 0.533. The van der Waals surface area contributed by atoms with Crippen molar-refractivity contribution >= 4 is 28.1 Å². The number of nitrogens with one attached hydrogen (secondary N) is 1. The predicted molar refractivity (Wildman–Crippen MR) is 83.9 cm³/mol. The molecule has 1 atom stereocenters. The summed E-state index contributed by atoms with van der Waals surface area (Å²) in [4.78, 5) is 11.8. The van der Waals surface area contributed by atoms with Crippen molar-refractivity contribution in [2.24, 2.45) is 0 Å². The Bertz CT molecular complexity index is 530. The second kappa shape index (κ2) is 7.54. The van der Waals surface area contributed by atoms with Gasteiger partial charge in [0.2, 0.25) is 5.91 Å². The SMILES string of the molecule is Nc1ccc(F)c(NC(=O)CCS(=O)C2CCCCC2)c1. The molecule has 0 heterocycles. The van der Waals surface area contributed by atoms with Crippen molar-refractivity contribution in [3.63, 3.8) is 0 Å². The third-order valence-corrected chi connectivity index (χ3v) is 5.54. The third kappa shape index (κ3) is 4.81. The second-order valence-electron chi connectivity index (χ2n) is 5.38. The van der Waals surface area contributed by atoms with Crippen LogP contribution in [0.4, 0.5) is 15.8 Å². The first kappa shape index (κ1) is 15.9. The summed E-state index contributed by atoms with van der Waals surface area (Å²) in [5.41, 5.74) is 6.02. The molecule has 1 fully saturated rings. The number of hydrogen-bond acceptors (Lipinski definition) is 3. The van der Waals surface area contributed by atoms with E-state index in [9.17, 15) is 13.4 Å². The van der Waals surface area contributed by atoms with Crippen molar-refractivity contribution in [2.75, 3.05) is 16.8 Å². The van der Waals surface area contributed by atoms with E-state index >= 15 is 0 Å². The number of nitrogens with two attached hydrogens (primary N) is 1. The van der Waals surface area contributed by atoms with Crippen LogP contribution in [0.3, 0.4) is 0 Å². The van der Waals surface area contributed by atoms with E-state index < -0.39 is 16.6 Å². The summed E-state index contributed by atoms with van der Waals surface area (Å²) < 4.78 is 25.6. The van der Waals surface area contributed by atoms with Crippen molar-refractivity contribution in [3.05, 3.63) is 24.0 Å². The molecule has 0 radical (unpaired) electrons. The Morgan fingerprint density at radius 2 is 2.05 bits per heavy atom. The van der Waals surface area contributed by atoms with Crippen LogP contribution in [-0.2, 0) is 15.6 Å². The molecule has 2 rings (SSSR count). The highest BCUT2D eigenvalue weighted by Crippen LogP contribution is 2.22. The number of nitrogen functional groups attached to an aromatic ring is 1. The minimum absolute atomic E-state index is 0.0726. The van der Waals surface area contributed by atoms with Gasteiger partial charge in [-0.3, -0.25) is 9.00 Å². The lowest BCUT2D eigenvalue weighted by Gasteiger charge is -2.20. The van der Waals surface area contributed by atoms with Gasteiger partial charge in [-0.1, -0.05) is 19.3 Å². The van der Waals surface area contributed by atoms with Gasteiger partial charge in [-0.2, -0.15) is 0 Å². The Balaban J connectivity index is 1.81. The molecule has 0 bridgehead atoms. The number of benzene rings is 1. The number of anilines is 2. The second-order valence-corrected chi connectivity index (χ2v) is 7.22. The van der Waals surface area contributed by atoms with Crippen LogP contribution in [0.25, 0.3) is 0 Å². The summed E-state index contributed by atoms with van der Waals surface area (Å²) in [7, 11) is -0.974. The van der Waals surface area contributed by atoms with Crippen LogP contribution in [0.5, 0.6) is 0 Å². The largest absolute Gasteiger partial charge is 0.399 e. The Labute approximate surface area is 126 Å². The van der Waals surface area contributed by atoms with Gasteiger partial charge in [0.15, 0.2) is 0 Å². The summed E-state index contributed by atoms with van der Waals surface area (Å²) in [6, 6.07) is 4.03. The number of amides is 1. The number of rotatable bonds is 5. The predicted octanol–water partition coefficient (Wildman–Crippen LogP) is 2.82. The van der Waals surface area contributed by atoms with Gasteiger partial charge >= 0.3 is 0 Å². The van der Waals surface area contributed by atoms with Crippen molar-refractivity contribution in [1.29, 1.82) is 0 Å². The van der Waals surface area contributed by atoms with Gasteiger partial charge in [-0.05, 0) is 31.0 Å². The summed E-state index contributed by atoms with van der Waals surface area (Å²) in [5.74, 6) is -0.518. The molecule has 1 saturated carbocycles. The van der Waals surface area contributed by atoms with E-state index in [4.69, 9.17) is 5.73 Å². The molecule has 3 N–H and O–H groups in total. The molecule has 1 amide bonds. The highest BCUT2D eigenvalue weighted by Gasteiger charge is 2.20. The van der Waals surface area contributed by atoms with Crippen molar-refractivity contribution in [2.45, 2.75) is 43.8 Å². The van der Waals surface area contributed by atoms with E-state index in [0.29, 0.717) is 11.4 Å². The van der Waals surface area contributed by atoms with Crippen molar-refractivity contribution < 1.29 is 13.4 Å². The third-order valence-electron chi connectivity index (χ3n) is 3.72. The lowest BCUT2D eigenvalue weighted by molar-refractivity contribution is -0.115. The topological polar surface area (TPSA) is 72.2 Å². The molecule has 0 aromatic heterocycles. The van der Waals surface area contributed by atoms with Crippen LogP contribution in [0, 0.1) is 5.82 Å². The molecule has 21 heavy (non-hydrogen) atoms. The van der Waals surface area contributed by atoms with Gasteiger partial charge in [-0.25, -0.2) is 4.39 Å². The van der Waals surface area contributed by atoms with Crippen LogP contribution in [0.1, 0.15) is 38.5 Å². The molecular weight excluding hydrogens is 291 g/mol. The minimum atomic E-state index is -0.974. The maximum absolute atomic E-state index is 13.5. The van der Waals surface area contributed by atoms with Crippen LogP contribution < -0.4 is 11.1 Å². The van der Waals surface area contributed by atoms with Crippen LogP contribution in [-0.4, -0.2) is 21.1 Å². The van der Waals surface area contributed by atoms with Crippen LogP contribution in [0.15, 0.2) is 18.2 Å². The maximum atomic E-state index is 13.5. The zero-order valence-electron chi connectivity index (χ0n) is 11.9. The van der Waals surface area contributed by atoms with E-state index in [-0.39, 0.29) is 23.3 Å². The molecule has 1 aromatic rings. The lowest BCUT2D eigenvalue weighted by Crippen LogP contribution is -2.23. The molecule has 6 heteroatoms.